The van der Waals surface area contributed by atoms with E-state index in [1.807, 2.05) is 16.5 Å². The van der Waals surface area contributed by atoms with Crippen LogP contribution in [-0.2, 0) is 18.3 Å². The number of imidazole rings is 1. The molecule has 6 rings (SSSR count). The third-order valence-corrected chi connectivity index (χ3v) is 9.21. The standard InChI is InChI=1S/C29H40N4O3/c1-31-25-17-21(20-7-8-20)16-22(15-19-5-3-2-4-6-19)27(25)30-28(31)29(36)32-13-14-33(26(35)18-32)23-9-11-24(34)12-10-23/h16-17,19-20,23-24,34H,2-15,18H2,1H3. The monoisotopic (exact) mass is 492 g/mol. The first-order valence-corrected chi connectivity index (χ1v) is 14.2. The zero-order valence-electron chi connectivity index (χ0n) is 21.6. The Morgan fingerprint density at radius 1 is 1.00 bits per heavy atom. The molecular formula is C29H40N4O3. The Morgan fingerprint density at radius 2 is 1.75 bits per heavy atom. The summed E-state index contributed by atoms with van der Waals surface area (Å²) in [5.74, 6) is 1.69. The van der Waals surface area contributed by atoms with E-state index in [9.17, 15) is 14.7 Å². The third-order valence-electron chi connectivity index (χ3n) is 9.21. The first-order valence-electron chi connectivity index (χ1n) is 14.2. The number of rotatable bonds is 5. The van der Waals surface area contributed by atoms with Gasteiger partial charge in [-0.15, -0.1) is 0 Å². The molecule has 1 aliphatic heterocycles. The molecule has 194 valence electrons. The Morgan fingerprint density at radius 3 is 2.44 bits per heavy atom. The minimum atomic E-state index is -0.236. The molecule has 7 heteroatoms. The third kappa shape index (κ3) is 4.67. The molecule has 2 aromatic rings. The fourth-order valence-corrected chi connectivity index (χ4v) is 6.84. The van der Waals surface area contributed by atoms with Crippen molar-refractivity contribution in [1.82, 2.24) is 19.4 Å². The number of amides is 2. The Labute approximate surface area is 213 Å². The summed E-state index contributed by atoms with van der Waals surface area (Å²) in [7, 11) is 1.95. The fourth-order valence-electron chi connectivity index (χ4n) is 6.84. The van der Waals surface area contributed by atoms with Crippen LogP contribution in [0.1, 0.15) is 98.3 Å². The van der Waals surface area contributed by atoms with Gasteiger partial charge < -0.3 is 19.5 Å². The number of carbonyl (C=O) groups excluding carboxylic acids is 2. The SMILES string of the molecule is Cn1c(C(=O)N2CCN(C3CCC(O)CC3)C(=O)C2)nc2c(CC3CCCCC3)cc(C3CC3)cc21. The molecule has 0 radical (unpaired) electrons. The summed E-state index contributed by atoms with van der Waals surface area (Å²) in [4.78, 5) is 35.2. The highest BCUT2D eigenvalue weighted by atomic mass is 16.3. The molecule has 1 aromatic heterocycles. The predicted octanol–water partition coefficient (Wildman–Crippen LogP) is 4.16. The lowest BCUT2D eigenvalue weighted by Crippen LogP contribution is -2.56. The maximum absolute atomic E-state index is 13.6. The summed E-state index contributed by atoms with van der Waals surface area (Å²) < 4.78 is 1.97. The minimum Gasteiger partial charge on any atom is -0.393 e. The Hall–Kier alpha value is -2.41. The lowest BCUT2D eigenvalue weighted by Gasteiger charge is -2.41. The van der Waals surface area contributed by atoms with E-state index in [0.29, 0.717) is 30.7 Å². The largest absolute Gasteiger partial charge is 0.393 e. The quantitative estimate of drug-likeness (QED) is 0.680. The molecule has 1 aromatic carbocycles. The van der Waals surface area contributed by atoms with Crippen molar-refractivity contribution in [3.05, 3.63) is 29.1 Å². The van der Waals surface area contributed by atoms with E-state index >= 15 is 0 Å². The van der Waals surface area contributed by atoms with E-state index in [-0.39, 0.29) is 30.5 Å². The lowest BCUT2D eigenvalue weighted by molar-refractivity contribution is -0.138. The lowest BCUT2D eigenvalue weighted by atomic mass is 9.84. The highest BCUT2D eigenvalue weighted by molar-refractivity contribution is 5.98. The van der Waals surface area contributed by atoms with Crippen LogP contribution in [0.15, 0.2) is 12.1 Å². The van der Waals surface area contributed by atoms with Gasteiger partial charge in [0.2, 0.25) is 5.91 Å². The molecule has 1 saturated heterocycles. The molecule has 4 fully saturated rings. The number of hydrogen-bond donors (Lipinski definition) is 1. The summed E-state index contributed by atoms with van der Waals surface area (Å²) in [5.41, 5.74) is 4.73. The van der Waals surface area contributed by atoms with Crippen molar-refractivity contribution in [2.75, 3.05) is 19.6 Å². The number of fused-ring (bicyclic) bond motifs is 1. The van der Waals surface area contributed by atoms with E-state index in [2.05, 4.69) is 12.1 Å². The molecule has 3 aliphatic carbocycles. The minimum absolute atomic E-state index is 0.0174. The number of aliphatic hydroxyl groups excluding tert-OH is 1. The number of aromatic nitrogens is 2. The molecule has 0 bridgehead atoms. The number of carbonyl (C=O) groups is 2. The zero-order chi connectivity index (χ0) is 24.8. The van der Waals surface area contributed by atoms with Gasteiger partial charge in [-0.1, -0.05) is 38.2 Å². The van der Waals surface area contributed by atoms with Crippen molar-refractivity contribution in [2.45, 2.75) is 95.1 Å². The molecule has 4 aliphatic rings. The van der Waals surface area contributed by atoms with Crippen LogP contribution in [0.4, 0.5) is 0 Å². The number of aliphatic hydroxyl groups is 1. The van der Waals surface area contributed by atoms with Crippen LogP contribution in [0.5, 0.6) is 0 Å². The van der Waals surface area contributed by atoms with E-state index in [4.69, 9.17) is 4.98 Å². The van der Waals surface area contributed by atoms with Crippen LogP contribution in [0, 0.1) is 5.92 Å². The van der Waals surface area contributed by atoms with Gasteiger partial charge in [0, 0.05) is 26.2 Å². The van der Waals surface area contributed by atoms with E-state index in [0.717, 1.165) is 43.1 Å². The van der Waals surface area contributed by atoms with Crippen molar-refractivity contribution in [3.63, 3.8) is 0 Å². The van der Waals surface area contributed by atoms with Crippen molar-refractivity contribution < 1.29 is 14.7 Å². The summed E-state index contributed by atoms with van der Waals surface area (Å²) in [6.07, 6.45) is 13.1. The summed E-state index contributed by atoms with van der Waals surface area (Å²) in [5, 5.41) is 9.81. The van der Waals surface area contributed by atoms with Gasteiger partial charge in [0.15, 0.2) is 5.82 Å². The highest BCUT2D eigenvalue weighted by Gasteiger charge is 2.35. The van der Waals surface area contributed by atoms with Gasteiger partial charge in [-0.3, -0.25) is 9.59 Å². The van der Waals surface area contributed by atoms with Crippen molar-refractivity contribution in [1.29, 1.82) is 0 Å². The molecule has 2 amide bonds. The number of nitrogens with zero attached hydrogens (tertiary/aromatic N) is 4. The number of piperazine rings is 1. The first-order chi connectivity index (χ1) is 17.5. The Kier molecular flexibility index (Phi) is 6.53. The average molecular weight is 493 g/mol. The molecule has 2 heterocycles. The molecule has 3 saturated carbocycles. The predicted molar refractivity (Wildman–Crippen MR) is 139 cm³/mol. The smallest absolute Gasteiger partial charge is 0.290 e. The summed E-state index contributed by atoms with van der Waals surface area (Å²) in [6, 6.07) is 4.82. The molecule has 0 atom stereocenters. The van der Waals surface area contributed by atoms with Crippen molar-refractivity contribution in [2.24, 2.45) is 13.0 Å². The molecule has 7 nitrogen and oxygen atoms in total. The topological polar surface area (TPSA) is 78.7 Å². The fraction of sp³-hybridized carbons (Fsp3) is 0.690. The maximum atomic E-state index is 13.6. The Bertz CT molecular complexity index is 1140. The van der Waals surface area contributed by atoms with E-state index in [1.54, 1.807) is 4.90 Å². The second-order valence-corrected chi connectivity index (χ2v) is 11.8. The van der Waals surface area contributed by atoms with Crippen LogP contribution in [-0.4, -0.2) is 68.1 Å². The zero-order valence-corrected chi connectivity index (χ0v) is 21.6. The maximum Gasteiger partial charge on any atom is 0.290 e. The van der Waals surface area contributed by atoms with Crippen LogP contribution in [0.25, 0.3) is 11.0 Å². The van der Waals surface area contributed by atoms with Gasteiger partial charge in [-0.2, -0.15) is 0 Å². The molecular weight excluding hydrogens is 452 g/mol. The highest BCUT2D eigenvalue weighted by Crippen LogP contribution is 2.42. The van der Waals surface area contributed by atoms with Gasteiger partial charge in [-0.25, -0.2) is 4.98 Å². The van der Waals surface area contributed by atoms with Crippen LogP contribution in [0.2, 0.25) is 0 Å². The second kappa shape index (κ2) is 9.81. The van der Waals surface area contributed by atoms with Gasteiger partial charge in [0.1, 0.15) is 6.54 Å². The van der Waals surface area contributed by atoms with Gasteiger partial charge in [0.25, 0.3) is 5.91 Å². The van der Waals surface area contributed by atoms with Gasteiger partial charge in [0.05, 0.1) is 17.1 Å². The number of hydrogen-bond acceptors (Lipinski definition) is 4. The summed E-state index contributed by atoms with van der Waals surface area (Å²) >= 11 is 0. The molecule has 0 unspecified atom stereocenters. The van der Waals surface area contributed by atoms with Gasteiger partial charge >= 0.3 is 0 Å². The molecule has 36 heavy (non-hydrogen) atoms. The molecule has 0 spiro atoms. The van der Waals surface area contributed by atoms with E-state index in [1.165, 1.54) is 56.1 Å². The van der Waals surface area contributed by atoms with Crippen LogP contribution >= 0.6 is 0 Å². The van der Waals surface area contributed by atoms with Crippen LogP contribution < -0.4 is 0 Å². The van der Waals surface area contributed by atoms with E-state index < -0.39 is 0 Å². The number of aryl methyl sites for hydroxylation is 1. The van der Waals surface area contributed by atoms with Crippen LogP contribution in [0.3, 0.4) is 0 Å². The summed E-state index contributed by atoms with van der Waals surface area (Å²) in [6.45, 7) is 1.21. The number of benzene rings is 1. The van der Waals surface area contributed by atoms with Gasteiger partial charge in [-0.05, 0) is 74.0 Å². The Balaban J connectivity index is 1.23. The van der Waals surface area contributed by atoms with Crippen molar-refractivity contribution >= 4 is 22.8 Å². The average Bonchev–Trinajstić information content (AvgIpc) is 3.69. The van der Waals surface area contributed by atoms with Crippen molar-refractivity contribution in [3.8, 4) is 0 Å². The molecule has 1 N–H and O–H groups in total. The first kappa shape index (κ1) is 24.0. The second-order valence-electron chi connectivity index (χ2n) is 11.8. The normalized spacial score (nSPS) is 26.1.